The molecule has 5 rings (SSSR count). The molecule has 4 aromatic rings. The van der Waals surface area contributed by atoms with Crippen LogP contribution in [-0.2, 0) is 21.5 Å². The minimum Gasteiger partial charge on any atom is -0.497 e. The second kappa shape index (κ2) is 9.53. The summed E-state index contributed by atoms with van der Waals surface area (Å²) in [6.45, 7) is 9.94. The highest BCUT2D eigenvalue weighted by Gasteiger charge is 2.52. The molecule has 1 amide bonds. The Balaban J connectivity index is 1.69. The highest BCUT2D eigenvalue weighted by molar-refractivity contribution is 6.13. The van der Waals surface area contributed by atoms with Gasteiger partial charge in [0.15, 0.2) is 0 Å². The Hall–Kier alpha value is -4.32. The highest BCUT2D eigenvalue weighted by Crippen LogP contribution is 2.51. The number of allylic oxidation sites excluding steroid dienone is 1. The molecule has 1 aliphatic heterocycles. The molecule has 1 aromatic heterocycles. The maximum Gasteiger partial charge on any atom is 0.419 e. The van der Waals surface area contributed by atoms with Crippen LogP contribution in [0.25, 0.3) is 10.9 Å². The first-order valence-electron chi connectivity index (χ1n) is 12.7. The average molecular weight is 509 g/mol. The van der Waals surface area contributed by atoms with E-state index in [1.807, 2.05) is 98.5 Å². The third kappa shape index (κ3) is 4.16. The summed E-state index contributed by atoms with van der Waals surface area (Å²) in [6.07, 6.45) is 3.45. The number of rotatable bonds is 6. The van der Waals surface area contributed by atoms with Crippen LogP contribution in [0.1, 0.15) is 43.9 Å². The Labute approximate surface area is 223 Å². The predicted molar refractivity (Wildman–Crippen MR) is 150 cm³/mol. The zero-order chi connectivity index (χ0) is 27.1. The molecule has 0 unspecified atom stereocenters. The fourth-order valence-corrected chi connectivity index (χ4v) is 5.36. The number of hydrogen-bond acceptors (Lipinski definition) is 4. The van der Waals surface area contributed by atoms with Gasteiger partial charge >= 0.3 is 6.09 Å². The number of hydrogen-bond donors (Lipinski definition) is 0. The third-order valence-electron chi connectivity index (χ3n) is 6.98. The molecule has 194 valence electrons. The number of fused-ring (bicyclic) bond motifs is 2. The zero-order valence-corrected chi connectivity index (χ0v) is 22.2. The van der Waals surface area contributed by atoms with E-state index in [0.29, 0.717) is 18.5 Å². The molecule has 0 saturated carbocycles. The van der Waals surface area contributed by atoms with Crippen LogP contribution in [0, 0.1) is 0 Å². The second-order valence-electron chi connectivity index (χ2n) is 10.6. The van der Waals surface area contributed by atoms with Crippen molar-refractivity contribution in [1.82, 2.24) is 4.57 Å². The fraction of sp³-hybridized carbons (Fsp3) is 0.250. The summed E-state index contributed by atoms with van der Waals surface area (Å²) in [5, 5.41) is 0.828. The molecule has 0 fully saturated rings. The summed E-state index contributed by atoms with van der Waals surface area (Å²) in [5.41, 5.74) is 2.48. The van der Waals surface area contributed by atoms with Crippen molar-refractivity contribution in [3.63, 3.8) is 0 Å². The molecule has 0 bridgehead atoms. The molecular weight excluding hydrogens is 476 g/mol. The Morgan fingerprint density at radius 3 is 2.34 bits per heavy atom. The lowest BCUT2D eigenvalue weighted by atomic mass is 9.72. The van der Waals surface area contributed by atoms with Crippen molar-refractivity contribution in [2.45, 2.75) is 44.8 Å². The largest absolute Gasteiger partial charge is 0.497 e. The zero-order valence-electron chi connectivity index (χ0n) is 22.2. The first-order chi connectivity index (χ1) is 18.2. The quantitative estimate of drug-likeness (QED) is 0.268. The maximum absolute atomic E-state index is 14.6. The van der Waals surface area contributed by atoms with Crippen LogP contribution < -0.4 is 9.64 Å². The smallest absolute Gasteiger partial charge is 0.419 e. The first kappa shape index (κ1) is 25.3. The minimum absolute atomic E-state index is 0.0542. The van der Waals surface area contributed by atoms with Gasteiger partial charge in [-0.05, 0) is 68.1 Å². The molecular formula is C32H32N2O4. The summed E-state index contributed by atoms with van der Waals surface area (Å²) in [6, 6.07) is 23.3. The van der Waals surface area contributed by atoms with Crippen molar-refractivity contribution in [1.29, 1.82) is 0 Å². The molecule has 2 heterocycles. The van der Waals surface area contributed by atoms with Crippen LogP contribution in [0.15, 0.2) is 91.6 Å². The Morgan fingerprint density at radius 2 is 1.66 bits per heavy atom. The lowest BCUT2D eigenvalue weighted by molar-refractivity contribution is -0.121. The molecule has 6 nitrogen and oxygen atoms in total. The van der Waals surface area contributed by atoms with E-state index in [2.05, 4.69) is 6.58 Å². The number of anilines is 1. The van der Waals surface area contributed by atoms with E-state index >= 15 is 0 Å². The minimum atomic E-state index is -1.04. The summed E-state index contributed by atoms with van der Waals surface area (Å²) in [5.74, 6) is 0.708. The van der Waals surface area contributed by atoms with Crippen LogP contribution in [0.3, 0.4) is 0 Å². The lowest BCUT2D eigenvalue weighted by Gasteiger charge is -2.28. The van der Waals surface area contributed by atoms with Crippen molar-refractivity contribution >= 4 is 28.6 Å². The number of methoxy groups -OCH3 is 1. The predicted octanol–water partition coefficient (Wildman–Crippen LogP) is 6.84. The van der Waals surface area contributed by atoms with E-state index in [1.165, 1.54) is 4.57 Å². The van der Waals surface area contributed by atoms with Crippen LogP contribution in [0.4, 0.5) is 10.5 Å². The van der Waals surface area contributed by atoms with Crippen molar-refractivity contribution < 1.29 is 19.1 Å². The molecule has 0 aliphatic carbocycles. The van der Waals surface area contributed by atoms with Gasteiger partial charge < -0.3 is 14.4 Å². The number of ether oxygens (including phenoxy) is 2. The van der Waals surface area contributed by atoms with E-state index < -0.39 is 17.1 Å². The van der Waals surface area contributed by atoms with Crippen LogP contribution >= 0.6 is 0 Å². The molecule has 0 saturated heterocycles. The summed E-state index contributed by atoms with van der Waals surface area (Å²) in [7, 11) is 1.63. The van der Waals surface area contributed by atoms with E-state index in [4.69, 9.17) is 9.47 Å². The van der Waals surface area contributed by atoms with Gasteiger partial charge in [-0.3, -0.25) is 9.36 Å². The maximum atomic E-state index is 14.6. The van der Waals surface area contributed by atoms with E-state index in [-0.39, 0.29) is 5.91 Å². The number of carbonyl (C=O) groups excluding carboxylic acids is 2. The van der Waals surface area contributed by atoms with Gasteiger partial charge in [0.1, 0.15) is 16.8 Å². The van der Waals surface area contributed by atoms with E-state index in [1.54, 1.807) is 19.4 Å². The summed E-state index contributed by atoms with van der Waals surface area (Å²) in [4.78, 5) is 29.7. The monoisotopic (exact) mass is 508 g/mol. The molecule has 3 aromatic carbocycles. The summed E-state index contributed by atoms with van der Waals surface area (Å²) >= 11 is 0. The van der Waals surface area contributed by atoms with Crippen molar-refractivity contribution in [2.24, 2.45) is 0 Å². The number of amides is 1. The molecule has 6 heteroatoms. The SMILES string of the molecule is C=CC[C@@]1(c2cn(C(=O)OC(C)(C)C)c3ccccc23)C(=O)N(Cc2ccc(OC)cc2)c2ccccc21. The van der Waals surface area contributed by atoms with Crippen molar-refractivity contribution in [3.05, 3.63) is 108 Å². The Morgan fingerprint density at radius 1 is 0.974 bits per heavy atom. The number of benzene rings is 3. The van der Waals surface area contributed by atoms with Crippen LogP contribution in [-0.4, -0.2) is 29.3 Å². The number of nitrogens with zero attached hydrogens (tertiary/aromatic N) is 2. The lowest BCUT2D eigenvalue weighted by Crippen LogP contribution is -2.40. The standard InChI is InChI=1S/C32H32N2O4/c1-6-19-32(26-21-34(30(36)38-31(2,3)4)27-13-9-7-11-24(26)27)25-12-8-10-14-28(25)33(29(32)35)20-22-15-17-23(37-5)18-16-22/h6-18,21H,1,19-20H2,2-5H3/t32-/m1/s1. The van der Waals surface area contributed by atoms with Crippen molar-refractivity contribution in [2.75, 3.05) is 12.0 Å². The van der Waals surface area contributed by atoms with E-state index in [9.17, 15) is 9.59 Å². The Kier molecular flexibility index (Phi) is 6.35. The number of aromatic nitrogens is 1. The topological polar surface area (TPSA) is 60.8 Å². The molecule has 0 N–H and O–H groups in total. The van der Waals surface area contributed by atoms with Gasteiger partial charge in [-0.1, -0.05) is 54.6 Å². The van der Waals surface area contributed by atoms with Crippen molar-refractivity contribution in [3.8, 4) is 5.75 Å². The van der Waals surface area contributed by atoms with E-state index in [0.717, 1.165) is 33.5 Å². The number of carbonyl (C=O) groups is 2. The Bertz CT molecular complexity index is 1530. The molecule has 1 atom stereocenters. The van der Waals surface area contributed by atoms with Gasteiger partial charge in [0.2, 0.25) is 5.91 Å². The second-order valence-corrected chi connectivity index (χ2v) is 10.6. The van der Waals surface area contributed by atoms with Crippen LogP contribution in [0.5, 0.6) is 5.75 Å². The van der Waals surface area contributed by atoms with Gasteiger partial charge in [-0.15, -0.1) is 6.58 Å². The van der Waals surface area contributed by atoms with Gasteiger partial charge in [0, 0.05) is 17.3 Å². The number of para-hydroxylation sites is 2. The normalized spacial score (nSPS) is 16.9. The van der Waals surface area contributed by atoms with Gasteiger partial charge in [-0.25, -0.2) is 4.79 Å². The van der Waals surface area contributed by atoms with Gasteiger partial charge in [0.25, 0.3) is 0 Å². The summed E-state index contributed by atoms with van der Waals surface area (Å²) < 4.78 is 12.5. The molecule has 0 spiro atoms. The van der Waals surface area contributed by atoms with Gasteiger partial charge in [-0.2, -0.15) is 0 Å². The third-order valence-corrected chi connectivity index (χ3v) is 6.98. The van der Waals surface area contributed by atoms with Crippen LogP contribution in [0.2, 0.25) is 0 Å². The highest BCUT2D eigenvalue weighted by atomic mass is 16.6. The first-order valence-corrected chi connectivity index (χ1v) is 12.7. The fourth-order valence-electron chi connectivity index (χ4n) is 5.36. The molecule has 0 radical (unpaired) electrons. The van der Waals surface area contributed by atoms with Gasteiger partial charge in [0.05, 0.1) is 19.2 Å². The molecule has 38 heavy (non-hydrogen) atoms. The molecule has 1 aliphatic rings. The average Bonchev–Trinajstić information content (AvgIpc) is 3.39.